The molecule has 0 bridgehead atoms. The van der Waals surface area contributed by atoms with Crippen molar-refractivity contribution in [3.05, 3.63) is 21.1 Å². The SMILES string of the molecule is CC1CN(c2sc(C(C)O)cc2[N+](=O)[O-])CC(C)O1. The lowest BCUT2D eigenvalue weighted by Crippen LogP contribution is -2.45. The van der Waals surface area contributed by atoms with Gasteiger partial charge in [0.15, 0.2) is 5.00 Å². The van der Waals surface area contributed by atoms with E-state index in [4.69, 9.17) is 4.74 Å². The van der Waals surface area contributed by atoms with E-state index < -0.39 is 6.10 Å². The van der Waals surface area contributed by atoms with Gasteiger partial charge in [0.2, 0.25) is 0 Å². The molecule has 6 nitrogen and oxygen atoms in total. The lowest BCUT2D eigenvalue weighted by molar-refractivity contribution is -0.383. The van der Waals surface area contributed by atoms with Crippen molar-refractivity contribution in [2.24, 2.45) is 0 Å². The number of nitro groups is 1. The van der Waals surface area contributed by atoms with E-state index in [0.29, 0.717) is 23.0 Å². The van der Waals surface area contributed by atoms with Crippen molar-refractivity contribution in [1.82, 2.24) is 0 Å². The summed E-state index contributed by atoms with van der Waals surface area (Å²) in [5.74, 6) is 0. The molecule has 2 heterocycles. The van der Waals surface area contributed by atoms with Crippen molar-refractivity contribution >= 4 is 22.0 Å². The van der Waals surface area contributed by atoms with Crippen LogP contribution in [0.2, 0.25) is 0 Å². The van der Waals surface area contributed by atoms with Gasteiger partial charge in [-0.1, -0.05) is 0 Å². The van der Waals surface area contributed by atoms with Crippen LogP contribution in [0.15, 0.2) is 6.07 Å². The zero-order valence-electron chi connectivity index (χ0n) is 11.2. The molecule has 1 fully saturated rings. The third kappa shape index (κ3) is 3.05. The number of hydrogen-bond acceptors (Lipinski definition) is 6. The van der Waals surface area contributed by atoms with Crippen LogP contribution in [0.3, 0.4) is 0 Å². The summed E-state index contributed by atoms with van der Waals surface area (Å²) in [6, 6.07) is 1.47. The van der Waals surface area contributed by atoms with E-state index in [9.17, 15) is 15.2 Å². The molecule has 0 radical (unpaired) electrons. The summed E-state index contributed by atoms with van der Waals surface area (Å²) in [5, 5.41) is 21.3. The summed E-state index contributed by atoms with van der Waals surface area (Å²) in [4.78, 5) is 13.3. The van der Waals surface area contributed by atoms with Crippen molar-refractivity contribution in [1.29, 1.82) is 0 Å². The van der Waals surface area contributed by atoms with Crippen molar-refractivity contribution in [2.45, 2.75) is 39.1 Å². The molecule has 106 valence electrons. The Morgan fingerprint density at radius 3 is 2.58 bits per heavy atom. The van der Waals surface area contributed by atoms with Gasteiger partial charge in [-0.05, 0) is 20.8 Å². The smallest absolute Gasteiger partial charge is 0.304 e. The molecule has 1 aromatic rings. The first-order valence-electron chi connectivity index (χ1n) is 6.25. The quantitative estimate of drug-likeness (QED) is 0.681. The van der Waals surface area contributed by atoms with E-state index in [1.54, 1.807) is 6.92 Å². The number of rotatable bonds is 3. The van der Waals surface area contributed by atoms with Gasteiger partial charge in [0.05, 0.1) is 23.2 Å². The topological polar surface area (TPSA) is 75.8 Å². The molecule has 1 aromatic heterocycles. The maximum absolute atomic E-state index is 11.1. The third-order valence-corrected chi connectivity index (χ3v) is 4.38. The lowest BCUT2D eigenvalue weighted by Gasteiger charge is -2.35. The second-order valence-electron chi connectivity index (χ2n) is 4.93. The molecule has 0 aromatic carbocycles. The minimum Gasteiger partial charge on any atom is -0.388 e. The standard InChI is InChI=1S/C12H18N2O4S/c1-7-5-13(6-8(2)18-7)12-10(14(16)17)4-11(19-12)9(3)15/h4,7-9,15H,5-6H2,1-3H3. The molecule has 0 amide bonds. The summed E-state index contributed by atoms with van der Waals surface area (Å²) in [6.45, 7) is 6.79. The van der Waals surface area contributed by atoms with E-state index in [1.807, 2.05) is 18.7 Å². The molecular formula is C12H18N2O4S. The van der Waals surface area contributed by atoms with Gasteiger partial charge in [0.1, 0.15) is 0 Å². The van der Waals surface area contributed by atoms with E-state index in [0.717, 1.165) is 0 Å². The Morgan fingerprint density at radius 2 is 2.11 bits per heavy atom. The molecule has 0 saturated carbocycles. The number of hydrogen-bond donors (Lipinski definition) is 1. The maximum Gasteiger partial charge on any atom is 0.304 e. The zero-order chi connectivity index (χ0) is 14.2. The lowest BCUT2D eigenvalue weighted by atomic mass is 10.2. The highest BCUT2D eigenvalue weighted by Crippen LogP contribution is 2.41. The number of nitrogens with zero attached hydrogens (tertiary/aromatic N) is 2. The van der Waals surface area contributed by atoms with Gasteiger partial charge < -0.3 is 14.7 Å². The molecule has 3 unspecified atom stereocenters. The Balaban J connectivity index is 2.34. The van der Waals surface area contributed by atoms with E-state index in [-0.39, 0.29) is 22.8 Å². The Morgan fingerprint density at radius 1 is 1.53 bits per heavy atom. The summed E-state index contributed by atoms with van der Waals surface area (Å²) in [5.41, 5.74) is 0.0715. The maximum atomic E-state index is 11.1. The largest absolute Gasteiger partial charge is 0.388 e. The average Bonchev–Trinajstić information content (AvgIpc) is 2.72. The first-order chi connectivity index (χ1) is 8.88. The number of aliphatic hydroxyl groups is 1. The molecule has 3 atom stereocenters. The summed E-state index contributed by atoms with van der Waals surface area (Å²) < 4.78 is 5.64. The van der Waals surface area contributed by atoms with Gasteiger partial charge in [-0.15, -0.1) is 11.3 Å². The average molecular weight is 286 g/mol. The van der Waals surface area contributed by atoms with Crippen LogP contribution >= 0.6 is 11.3 Å². The van der Waals surface area contributed by atoms with Gasteiger partial charge in [-0.3, -0.25) is 10.1 Å². The monoisotopic (exact) mass is 286 g/mol. The predicted octanol–water partition coefficient (Wildman–Crippen LogP) is 2.32. The molecule has 1 saturated heterocycles. The predicted molar refractivity (Wildman–Crippen MR) is 73.8 cm³/mol. The fourth-order valence-electron chi connectivity index (χ4n) is 2.30. The fraction of sp³-hybridized carbons (Fsp3) is 0.667. The first-order valence-corrected chi connectivity index (χ1v) is 7.06. The molecule has 19 heavy (non-hydrogen) atoms. The molecule has 1 aliphatic rings. The molecule has 1 aliphatic heterocycles. The molecule has 7 heteroatoms. The zero-order valence-corrected chi connectivity index (χ0v) is 12.0. The number of ether oxygens (including phenoxy) is 1. The first kappa shape index (κ1) is 14.2. The number of anilines is 1. The van der Waals surface area contributed by atoms with Crippen molar-refractivity contribution in [2.75, 3.05) is 18.0 Å². The second kappa shape index (κ2) is 5.44. The van der Waals surface area contributed by atoms with Crippen molar-refractivity contribution < 1.29 is 14.8 Å². The molecule has 0 aliphatic carbocycles. The Bertz CT molecular complexity index is 464. The van der Waals surface area contributed by atoms with Crippen LogP contribution in [-0.4, -0.2) is 35.3 Å². The minimum absolute atomic E-state index is 0.0421. The van der Waals surface area contributed by atoms with Crippen LogP contribution in [0.4, 0.5) is 10.7 Å². The van der Waals surface area contributed by atoms with E-state index in [2.05, 4.69) is 0 Å². The number of morpholine rings is 1. The van der Waals surface area contributed by atoms with E-state index in [1.165, 1.54) is 17.4 Å². The Labute approximate surface area is 115 Å². The van der Waals surface area contributed by atoms with Gasteiger partial charge >= 0.3 is 5.69 Å². The summed E-state index contributed by atoms with van der Waals surface area (Å²) >= 11 is 1.29. The van der Waals surface area contributed by atoms with Crippen LogP contribution in [0.5, 0.6) is 0 Å². The molecule has 2 rings (SSSR count). The van der Waals surface area contributed by atoms with Gasteiger partial charge in [-0.2, -0.15) is 0 Å². The van der Waals surface area contributed by atoms with E-state index >= 15 is 0 Å². The highest BCUT2D eigenvalue weighted by atomic mass is 32.1. The second-order valence-corrected chi connectivity index (χ2v) is 6.00. The molecule has 0 spiro atoms. The van der Waals surface area contributed by atoms with Gasteiger partial charge in [0.25, 0.3) is 0 Å². The fourth-order valence-corrected chi connectivity index (χ4v) is 3.38. The van der Waals surface area contributed by atoms with Crippen LogP contribution in [-0.2, 0) is 4.74 Å². The third-order valence-electron chi connectivity index (χ3n) is 3.03. The number of thiophene rings is 1. The van der Waals surface area contributed by atoms with Gasteiger partial charge in [-0.25, -0.2) is 0 Å². The van der Waals surface area contributed by atoms with Crippen LogP contribution < -0.4 is 4.90 Å². The van der Waals surface area contributed by atoms with Crippen molar-refractivity contribution in [3.8, 4) is 0 Å². The highest BCUT2D eigenvalue weighted by molar-refractivity contribution is 7.16. The summed E-state index contributed by atoms with van der Waals surface area (Å²) in [7, 11) is 0. The van der Waals surface area contributed by atoms with Crippen molar-refractivity contribution in [3.63, 3.8) is 0 Å². The highest BCUT2D eigenvalue weighted by Gasteiger charge is 2.30. The van der Waals surface area contributed by atoms with Gasteiger partial charge in [0, 0.05) is 24.0 Å². The minimum atomic E-state index is -0.687. The normalized spacial score (nSPS) is 25.4. The summed E-state index contributed by atoms with van der Waals surface area (Å²) in [6.07, 6.45) is -0.603. The van der Waals surface area contributed by atoms with Crippen LogP contribution in [0.1, 0.15) is 31.8 Å². The van der Waals surface area contributed by atoms with Crippen LogP contribution in [0, 0.1) is 10.1 Å². The van der Waals surface area contributed by atoms with Crippen LogP contribution in [0.25, 0.3) is 0 Å². The Hall–Kier alpha value is -1.18. The Kier molecular flexibility index (Phi) is 4.07. The number of aliphatic hydroxyl groups excluding tert-OH is 1. The molecule has 1 N–H and O–H groups in total. The molecular weight excluding hydrogens is 268 g/mol.